The summed E-state index contributed by atoms with van der Waals surface area (Å²) in [4.78, 5) is 43.1. The van der Waals surface area contributed by atoms with Crippen LogP contribution in [0.25, 0.3) is 0 Å². The van der Waals surface area contributed by atoms with Crippen molar-refractivity contribution in [3.05, 3.63) is 53.6 Å². The smallest absolute Gasteiger partial charge is 0.250 e. The van der Waals surface area contributed by atoms with Gasteiger partial charge in [-0.1, -0.05) is 19.1 Å². The largest absolute Gasteiger partial charge is 0.494 e. The maximum atomic E-state index is 14.0. The lowest BCUT2D eigenvalue weighted by Gasteiger charge is -2.34. The van der Waals surface area contributed by atoms with Gasteiger partial charge >= 0.3 is 0 Å². The predicted octanol–water partition coefficient (Wildman–Crippen LogP) is 3.43. The number of fused-ring (bicyclic) bond motifs is 1. The van der Waals surface area contributed by atoms with E-state index in [1.54, 1.807) is 24.3 Å². The van der Waals surface area contributed by atoms with Crippen LogP contribution < -0.4 is 15.4 Å². The normalized spacial score (nSPS) is 28.9. The van der Waals surface area contributed by atoms with Gasteiger partial charge in [-0.2, -0.15) is 0 Å². The predicted molar refractivity (Wildman–Crippen MR) is 146 cm³/mol. The van der Waals surface area contributed by atoms with Crippen LogP contribution in [0.15, 0.2) is 42.5 Å². The van der Waals surface area contributed by atoms with Crippen LogP contribution in [-0.4, -0.2) is 64.7 Å². The van der Waals surface area contributed by atoms with Crippen molar-refractivity contribution in [2.24, 2.45) is 11.8 Å². The summed E-state index contributed by atoms with van der Waals surface area (Å²) in [6.07, 6.45) is 1.58. The fraction of sp³-hybridized carbons (Fsp3) is 0.500. The quantitative estimate of drug-likeness (QED) is 0.453. The minimum absolute atomic E-state index is 0.0162. The summed E-state index contributed by atoms with van der Waals surface area (Å²) < 4.78 is 12.2. The average molecular weight is 536 g/mol. The van der Waals surface area contributed by atoms with Gasteiger partial charge in [0.2, 0.25) is 17.7 Å². The molecule has 3 heterocycles. The maximum Gasteiger partial charge on any atom is 0.250 e. The summed E-state index contributed by atoms with van der Waals surface area (Å²) in [6, 6.07) is 11.9. The summed E-state index contributed by atoms with van der Waals surface area (Å²) in [5, 5.41) is 15.8. The fourth-order valence-corrected chi connectivity index (χ4v) is 6.86. The standard InChI is InChI=1S/C30H37N3O6/c1-5-29-13-14-30(39-29)24(23(29)26(35)31-20-9-11-21(12-10-20)38-6-2)28(37)33(15-16-34)25(30)27(36)32-22-17-18(3)7-8-19(22)4/h7-12,17,23-25,34H,5-6,13-16H2,1-4H3,(H,31,35)(H,32,36)/t23-,24+,25?,29+,30?/m1/s1. The van der Waals surface area contributed by atoms with Gasteiger partial charge in [0.25, 0.3) is 0 Å². The Kier molecular flexibility index (Phi) is 7.15. The maximum absolute atomic E-state index is 14.0. The number of aryl methyl sites for hydroxylation is 2. The van der Waals surface area contributed by atoms with Crippen molar-refractivity contribution < 1.29 is 29.0 Å². The van der Waals surface area contributed by atoms with E-state index in [1.165, 1.54) is 4.90 Å². The third-order valence-electron chi connectivity index (χ3n) is 8.64. The second kappa shape index (κ2) is 10.3. The lowest BCUT2D eigenvalue weighted by atomic mass is 9.65. The molecule has 2 bridgehead atoms. The highest BCUT2D eigenvalue weighted by Gasteiger charge is 2.78. The molecule has 0 aliphatic carbocycles. The van der Waals surface area contributed by atoms with Crippen LogP contribution in [-0.2, 0) is 19.1 Å². The topological polar surface area (TPSA) is 117 Å². The molecule has 0 aromatic heterocycles. The van der Waals surface area contributed by atoms with Crippen LogP contribution in [0, 0.1) is 25.7 Å². The molecule has 5 rings (SSSR count). The molecule has 1 spiro atoms. The lowest BCUT2D eigenvalue weighted by Crippen LogP contribution is -2.53. The summed E-state index contributed by atoms with van der Waals surface area (Å²) in [7, 11) is 0. The molecule has 2 aromatic rings. The number of β-amino-alcohol motifs (C(OH)–C–C–N with tert-alkyl or cyclic N) is 1. The van der Waals surface area contributed by atoms with Gasteiger partial charge < -0.3 is 30.1 Å². The first-order valence-corrected chi connectivity index (χ1v) is 13.7. The highest BCUT2D eigenvalue weighted by Crippen LogP contribution is 2.64. The number of benzene rings is 2. The number of anilines is 2. The number of hydrogen-bond donors (Lipinski definition) is 3. The van der Waals surface area contributed by atoms with Crippen LogP contribution >= 0.6 is 0 Å². The van der Waals surface area contributed by atoms with Crippen molar-refractivity contribution in [1.29, 1.82) is 0 Å². The number of amides is 3. The lowest BCUT2D eigenvalue weighted by molar-refractivity contribution is -0.144. The minimum Gasteiger partial charge on any atom is -0.494 e. The van der Waals surface area contributed by atoms with E-state index in [9.17, 15) is 19.5 Å². The van der Waals surface area contributed by atoms with Gasteiger partial charge in [-0.15, -0.1) is 0 Å². The highest BCUT2D eigenvalue weighted by molar-refractivity contribution is 6.05. The Labute approximate surface area is 228 Å². The molecule has 9 heteroatoms. The summed E-state index contributed by atoms with van der Waals surface area (Å²) in [6.45, 7) is 7.94. The van der Waals surface area contributed by atoms with Crippen molar-refractivity contribution in [3.63, 3.8) is 0 Å². The molecule has 3 aliphatic heterocycles. The number of hydrogen-bond acceptors (Lipinski definition) is 6. The Balaban J connectivity index is 1.48. The molecule has 0 radical (unpaired) electrons. The number of nitrogens with one attached hydrogen (secondary N) is 2. The Morgan fingerprint density at radius 1 is 1.08 bits per heavy atom. The highest BCUT2D eigenvalue weighted by atomic mass is 16.5. The average Bonchev–Trinajstić information content (AvgIpc) is 3.51. The van der Waals surface area contributed by atoms with E-state index < -0.39 is 29.1 Å². The van der Waals surface area contributed by atoms with Crippen LogP contribution in [0.5, 0.6) is 5.75 Å². The van der Waals surface area contributed by atoms with Crippen molar-refractivity contribution in [1.82, 2.24) is 4.90 Å². The zero-order chi connectivity index (χ0) is 27.9. The minimum atomic E-state index is -1.15. The van der Waals surface area contributed by atoms with Crippen molar-refractivity contribution in [2.75, 3.05) is 30.4 Å². The monoisotopic (exact) mass is 535 g/mol. The van der Waals surface area contributed by atoms with E-state index in [4.69, 9.17) is 9.47 Å². The molecule has 2 aromatic carbocycles. The summed E-state index contributed by atoms with van der Waals surface area (Å²) in [5.41, 5.74) is 1.15. The molecule has 9 nitrogen and oxygen atoms in total. The third kappa shape index (κ3) is 4.37. The van der Waals surface area contributed by atoms with Crippen LogP contribution in [0.1, 0.15) is 44.2 Å². The molecule has 5 atom stereocenters. The molecule has 3 N–H and O–H groups in total. The van der Waals surface area contributed by atoms with Gasteiger partial charge in [0.05, 0.1) is 30.7 Å². The molecule has 208 valence electrons. The van der Waals surface area contributed by atoms with Crippen LogP contribution in [0.3, 0.4) is 0 Å². The van der Waals surface area contributed by atoms with Gasteiger partial charge in [-0.25, -0.2) is 0 Å². The third-order valence-corrected chi connectivity index (χ3v) is 8.64. The molecule has 39 heavy (non-hydrogen) atoms. The van der Waals surface area contributed by atoms with E-state index in [0.29, 0.717) is 43.0 Å². The molecule has 2 unspecified atom stereocenters. The van der Waals surface area contributed by atoms with Gasteiger partial charge in [-0.05, 0) is 81.5 Å². The molecular weight excluding hydrogens is 498 g/mol. The Morgan fingerprint density at radius 2 is 1.82 bits per heavy atom. The van der Waals surface area contributed by atoms with Crippen LogP contribution in [0.2, 0.25) is 0 Å². The summed E-state index contributed by atoms with van der Waals surface area (Å²) >= 11 is 0. The Morgan fingerprint density at radius 3 is 2.49 bits per heavy atom. The number of likely N-dealkylation sites (tertiary alicyclic amines) is 1. The van der Waals surface area contributed by atoms with Gasteiger partial charge in [0.15, 0.2) is 0 Å². The van der Waals surface area contributed by atoms with E-state index >= 15 is 0 Å². The zero-order valence-electron chi connectivity index (χ0n) is 23.0. The van der Waals surface area contributed by atoms with E-state index in [0.717, 1.165) is 11.1 Å². The van der Waals surface area contributed by atoms with Crippen molar-refractivity contribution >= 4 is 29.1 Å². The number of aliphatic hydroxyl groups excluding tert-OH is 1. The number of ether oxygens (including phenoxy) is 2. The number of aliphatic hydroxyl groups is 1. The van der Waals surface area contributed by atoms with Crippen molar-refractivity contribution in [3.8, 4) is 5.75 Å². The fourth-order valence-electron chi connectivity index (χ4n) is 6.86. The van der Waals surface area contributed by atoms with Gasteiger partial charge in [0.1, 0.15) is 17.4 Å². The molecule has 0 saturated carbocycles. The van der Waals surface area contributed by atoms with Gasteiger partial charge in [0, 0.05) is 17.9 Å². The number of carbonyl (C=O) groups is 3. The van der Waals surface area contributed by atoms with E-state index in [-0.39, 0.29) is 30.9 Å². The number of rotatable bonds is 9. The summed E-state index contributed by atoms with van der Waals surface area (Å²) in [5.74, 6) is -1.89. The van der Waals surface area contributed by atoms with Crippen LogP contribution in [0.4, 0.5) is 11.4 Å². The molecule has 3 aliphatic rings. The SMILES string of the molecule is CCOc1ccc(NC(=O)[C@H]2[C@H]3C(=O)N(CCO)C(C(=O)Nc4cc(C)ccc4C)C34CC[C@]2(CC)O4)cc1. The first kappa shape index (κ1) is 27.1. The first-order valence-electron chi connectivity index (χ1n) is 13.7. The zero-order valence-corrected chi connectivity index (χ0v) is 23.0. The first-order chi connectivity index (χ1) is 18.7. The second-order valence-corrected chi connectivity index (χ2v) is 10.8. The second-order valence-electron chi connectivity index (χ2n) is 10.8. The number of carbonyl (C=O) groups excluding carboxylic acids is 3. The van der Waals surface area contributed by atoms with E-state index in [2.05, 4.69) is 10.6 Å². The van der Waals surface area contributed by atoms with Gasteiger partial charge in [-0.3, -0.25) is 14.4 Å². The van der Waals surface area contributed by atoms with Crippen molar-refractivity contribution in [2.45, 2.75) is 64.2 Å². The molecule has 3 saturated heterocycles. The molecular formula is C30H37N3O6. The number of nitrogens with zero attached hydrogens (tertiary/aromatic N) is 1. The Bertz CT molecular complexity index is 1280. The Hall–Kier alpha value is -3.43. The molecule has 3 amide bonds. The molecule has 3 fully saturated rings. The van der Waals surface area contributed by atoms with E-state index in [1.807, 2.05) is 45.9 Å².